The fourth-order valence-corrected chi connectivity index (χ4v) is 2.32. The summed E-state index contributed by atoms with van der Waals surface area (Å²) in [5.41, 5.74) is 4.26. The van der Waals surface area contributed by atoms with E-state index in [9.17, 15) is 9.59 Å². The van der Waals surface area contributed by atoms with E-state index in [2.05, 4.69) is 6.58 Å². The van der Waals surface area contributed by atoms with Crippen LogP contribution in [0.3, 0.4) is 0 Å². The van der Waals surface area contributed by atoms with Gasteiger partial charge in [0, 0.05) is 16.7 Å². The van der Waals surface area contributed by atoms with E-state index in [0.29, 0.717) is 16.7 Å². The van der Waals surface area contributed by atoms with Crippen molar-refractivity contribution in [1.82, 2.24) is 0 Å². The number of carbonyl (C=O) groups excluding carboxylic acids is 2. The summed E-state index contributed by atoms with van der Waals surface area (Å²) in [4.78, 5) is 23.8. The highest BCUT2D eigenvalue weighted by molar-refractivity contribution is 6.13. The molecule has 0 amide bonds. The predicted molar refractivity (Wildman–Crippen MR) is 81.3 cm³/mol. The zero-order valence-electron chi connectivity index (χ0n) is 11.6. The van der Waals surface area contributed by atoms with Crippen molar-refractivity contribution in [2.75, 3.05) is 0 Å². The highest BCUT2D eigenvalue weighted by Gasteiger charge is 2.16. The van der Waals surface area contributed by atoms with Gasteiger partial charge < -0.3 is 0 Å². The maximum absolute atomic E-state index is 12.6. The first-order valence-electron chi connectivity index (χ1n) is 6.40. The molecule has 0 unspecified atom stereocenters. The third-order valence-corrected chi connectivity index (χ3v) is 3.27. The Balaban J connectivity index is 2.52. The van der Waals surface area contributed by atoms with Crippen LogP contribution in [-0.2, 0) is 0 Å². The molecule has 0 spiro atoms. The molecule has 0 aliphatic rings. The van der Waals surface area contributed by atoms with Crippen LogP contribution in [0.4, 0.5) is 0 Å². The Morgan fingerprint density at radius 2 is 1.75 bits per heavy atom. The third kappa shape index (κ3) is 2.59. The second-order valence-electron chi connectivity index (χ2n) is 4.82. The van der Waals surface area contributed by atoms with Gasteiger partial charge in [-0.15, -0.1) is 0 Å². The number of hydrogen-bond acceptors (Lipinski definition) is 2. The van der Waals surface area contributed by atoms with Gasteiger partial charge >= 0.3 is 0 Å². The van der Waals surface area contributed by atoms with Gasteiger partial charge in [0.05, 0.1) is 0 Å². The molecule has 2 aromatic carbocycles. The molecule has 0 saturated heterocycles. The van der Waals surface area contributed by atoms with Crippen molar-refractivity contribution in [2.45, 2.75) is 13.8 Å². The number of carbonyl (C=O) groups is 2. The van der Waals surface area contributed by atoms with Crippen LogP contribution in [0.25, 0.3) is 6.08 Å². The van der Waals surface area contributed by atoms with Gasteiger partial charge in [0.1, 0.15) is 0 Å². The van der Waals surface area contributed by atoms with Crippen molar-refractivity contribution in [3.63, 3.8) is 0 Å². The number of rotatable bonds is 4. The van der Waals surface area contributed by atoms with Crippen molar-refractivity contribution in [3.05, 3.63) is 76.4 Å². The Labute approximate surface area is 118 Å². The predicted octanol–water partition coefficient (Wildman–Crippen LogP) is 3.99. The monoisotopic (exact) mass is 264 g/mol. The van der Waals surface area contributed by atoms with Gasteiger partial charge in [-0.3, -0.25) is 9.59 Å². The summed E-state index contributed by atoms with van der Waals surface area (Å²) in [5.74, 6) is -0.125. The summed E-state index contributed by atoms with van der Waals surface area (Å²) in [5, 5.41) is 0. The van der Waals surface area contributed by atoms with Crippen LogP contribution < -0.4 is 0 Å². The Morgan fingerprint density at radius 3 is 2.30 bits per heavy atom. The minimum Gasteiger partial charge on any atom is -0.298 e. The van der Waals surface area contributed by atoms with E-state index in [1.54, 1.807) is 24.3 Å². The van der Waals surface area contributed by atoms with Gasteiger partial charge in [0.15, 0.2) is 12.1 Å². The van der Waals surface area contributed by atoms with E-state index in [1.165, 1.54) is 0 Å². The molecule has 0 radical (unpaired) electrons. The summed E-state index contributed by atoms with van der Waals surface area (Å²) in [6.45, 7) is 7.45. The first kappa shape index (κ1) is 13.9. The number of ketones is 1. The molecule has 0 fully saturated rings. The van der Waals surface area contributed by atoms with E-state index in [4.69, 9.17) is 0 Å². The van der Waals surface area contributed by atoms with Gasteiger partial charge in [-0.05, 0) is 31.0 Å². The average molecular weight is 264 g/mol. The molecule has 100 valence electrons. The smallest absolute Gasteiger partial charge is 0.194 e. The molecule has 0 N–H and O–H groups in total. The Morgan fingerprint density at radius 1 is 1.10 bits per heavy atom. The maximum atomic E-state index is 12.6. The second-order valence-corrected chi connectivity index (χ2v) is 4.82. The van der Waals surface area contributed by atoms with Gasteiger partial charge in [0.2, 0.25) is 0 Å². The fourth-order valence-electron chi connectivity index (χ4n) is 2.32. The summed E-state index contributed by atoms with van der Waals surface area (Å²) in [7, 11) is 0. The van der Waals surface area contributed by atoms with Crippen LogP contribution in [-0.4, -0.2) is 12.1 Å². The number of hydrogen-bond donors (Lipinski definition) is 0. The van der Waals surface area contributed by atoms with Crippen LogP contribution in [0, 0.1) is 13.8 Å². The molecule has 2 heteroatoms. The van der Waals surface area contributed by atoms with Crippen molar-refractivity contribution < 1.29 is 9.59 Å². The lowest BCUT2D eigenvalue weighted by Gasteiger charge is -2.10. The molecule has 0 heterocycles. The van der Waals surface area contributed by atoms with Crippen LogP contribution >= 0.6 is 0 Å². The Hall–Kier alpha value is -2.48. The van der Waals surface area contributed by atoms with E-state index in [-0.39, 0.29) is 5.78 Å². The zero-order chi connectivity index (χ0) is 14.7. The fraction of sp³-hybridized carbons (Fsp3) is 0.111. The summed E-state index contributed by atoms with van der Waals surface area (Å²) in [6, 6.07) is 10.8. The largest absolute Gasteiger partial charge is 0.298 e. The summed E-state index contributed by atoms with van der Waals surface area (Å²) >= 11 is 0. The molecule has 2 rings (SSSR count). The van der Waals surface area contributed by atoms with Crippen molar-refractivity contribution in [3.8, 4) is 0 Å². The molecule has 2 nitrogen and oxygen atoms in total. The van der Waals surface area contributed by atoms with E-state index in [1.807, 2.05) is 32.0 Å². The molecule has 2 aromatic rings. The Bertz CT molecular complexity index is 679. The van der Waals surface area contributed by atoms with Crippen LogP contribution in [0.2, 0.25) is 0 Å². The van der Waals surface area contributed by atoms with Crippen LogP contribution in [0.5, 0.6) is 0 Å². The SMILES string of the molecule is C=Cc1ccc(C(=O)c2c(C)cc(C)cc2C=O)cc1. The summed E-state index contributed by atoms with van der Waals surface area (Å²) in [6.07, 6.45) is 2.47. The minimum absolute atomic E-state index is 0.125. The highest BCUT2D eigenvalue weighted by atomic mass is 16.1. The number of aryl methyl sites for hydroxylation is 2. The summed E-state index contributed by atoms with van der Waals surface area (Å²) < 4.78 is 0. The van der Waals surface area contributed by atoms with Crippen LogP contribution in [0.1, 0.15) is 43.0 Å². The first-order valence-corrected chi connectivity index (χ1v) is 6.40. The maximum Gasteiger partial charge on any atom is 0.194 e. The molecule has 0 atom stereocenters. The lowest BCUT2D eigenvalue weighted by atomic mass is 9.92. The van der Waals surface area contributed by atoms with E-state index < -0.39 is 0 Å². The van der Waals surface area contributed by atoms with E-state index >= 15 is 0 Å². The molecule has 0 saturated carbocycles. The van der Waals surface area contributed by atoms with Gasteiger partial charge in [-0.2, -0.15) is 0 Å². The first-order chi connectivity index (χ1) is 9.56. The quantitative estimate of drug-likeness (QED) is 0.618. The van der Waals surface area contributed by atoms with Crippen molar-refractivity contribution in [1.29, 1.82) is 0 Å². The van der Waals surface area contributed by atoms with Gasteiger partial charge in [-0.25, -0.2) is 0 Å². The standard InChI is InChI=1S/C18H16O2/c1-4-14-5-7-15(8-6-14)18(20)17-13(3)9-12(2)10-16(17)11-19/h4-11H,1H2,2-3H3. The Kier molecular flexibility index (Phi) is 3.94. The number of aldehydes is 1. The van der Waals surface area contributed by atoms with Gasteiger partial charge in [0.25, 0.3) is 0 Å². The third-order valence-electron chi connectivity index (χ3n) is 3.27. The van der Waals surface area contributed by atoms with Crippen molar-refractivity contribution >= 4 is 18.1 Å². The molecule has 0 bridgehead atoms. The normalized spacial score (nSPS) is 10.1. The number of benzene rings is 2. The lowest BCUT2D eigenvalue weighted by molar-refractivity contribution is 0.102. The molecule has 0 aromatic heterocycles. The zero-order valence-corrected chi connectivity index (χ0v) is 11.6. The molecule has 0 aliphatic heterocycles. The molecule has 0 aliphatic carbocycles. The highest BCUT2D eigenvalue weighted by Crippen LogP contribution is 2.20. The van der Waals surface area contributed by atoms with Gasteiger partial charge in [-0.1, -0.05) is 48.6 Å². The molecule has 20 heavy (non-hydrogen) atoms. The molecular formula is C18H16O2. The van der Waals surface area contributed by atoms with Crippen LogP contribution in [0.15, 0.2) is 43.0 Å². The second kappa shape index (κ2) is 5.66. The minimum atomic E-state index is -0.125. The lowest BCUT2D eigenvalue weighted by Crippen LogP contribution is -2.08. The van der Waals surface area contributed by atoms with Crippen molar-refractivity contribution in [2.24, 2.45) is 0 Å². The average Bonchev–Trinajstić information content (AvgIpc) is 2.46. The van der Waals surface area contributed by atoms with E-state index in [0.717, 1.165) is 23.0 Å². The molecular weight excluding hydrogens is 248 g/mol. The topological polar surface area (TPSA) is 34.1 Å².